The van der Waals surface area contributed by atoms with E-state index in [1.165, 1.54) is 11.1 Å². The van der Waals surface area contributed by atoms with E-state index in [2.05, 4.69) is 30.7 Å². The van der Waals surface area contributed by atoms with Crippen molar-refractivity contribution in [3.05, 3.63) is 40.7 Å². The van der Waals surface area contributed by atoms with Gasteiger partial charge < -0.3 is 9.88 Å². The molecule has 0 saturated heterocycles. The molecular weight excluding hydrogens is 286 g/mol. The second-order valence-corrected chi connectivity index (χ2v) is 5.94. The Bertz CT molecular complexity index is 742. The van der Waals surface area contributed by atoms with Crippen LogP contribution in [0.1, 0.15) is 57.2 Å². The van der Waals surface area contributed by atoms with Crippen LogP contribution < -0.4 is 0 Å². The molecule has 1 aliphatic heterocycles. The zero-order valence-corrected chi connectivity index (χ0v) is 15.0. The quantitative estimate of drug-likeness (QED) is 0.790. The Morgan fingerprint density at radius 1 is 1.26 bits per heavy atom. The highest BCUT2D eigenvalue weighted by molar-refractivity contribution is 5.95. The number of fused-ring (bicyclic) bond motifs is 1. The average Bonchev–Trinajstić information content (AvgIpc) is 3.00. The lowest BCUT2D eigenvalue weighted by molar-refractivity contribution is 0.0695. The number of rotatable bonds is 1. The van der Waals surface area contributed by atoms with E-state index in [0.29, 0.717) is 5.82 Å². The highest BCUT2D eigenvalue weighted by Crippen LogP contribution is 2.25. The Morgan fingerprint density at radius 3 is 2.61 bits per heavy atom. The number of nitrogens with one attached hydrogen (secondary N) is 1. The number of H-pyrrole nitrogens is 1. The first-order chi connectivity index (χ1) is 11.0. The minimum Gasteiger partial charge on any atom is -0.334 e. The largest absolute Gasteiger partial charge is 0.334 e. The molecule has 0 radical (unpaired) electrons. The molecule has 0 spiro atoms. The Balaban J connectivity index is 0.000000924. The molecule has 4 heteroatoms. The molecule has 0 fully saturated rings. The molecule has 2 aromatic rings. The van der Waals surface area contributed by atoms with E-state index in [1.807, 2.05) is 43.9 Å². The number of hydrogen-bond donors (Lipinski definition) is 1. The van der Waals surface area contributed by atoms with Crippen molar-refractivity contribution in [1.29, 1.82) is 0 Å². The molecule has 1 aromatic heterocycles. The predicted octanol–water partition coefficient (Wildman–Crippen LogP) is 4.47. The normalized spacial score (nSPS) is 18.0. The summed E-state index contributed by atoms with van der Waals surface area (Å²) in [5, 5.41) is 0. The van der Waals surface area contributed by atoms with Gasteiger partial charge in [-0.3, -0.25) is 4.79 Å². The first kappa shape index (κ1) is 17.3. The summed E-state index contributed by atoms with van der Waals surface area (Å²) in [6, 6.07) is 6.09. The van der Waals surface area contributed by atoms with Gasteiger partial charge in [0.2, 0.25) is 0 Å². The topological polar surface area (TPSA) is 49.0 Å². The van der Waals surface area contributed by atoms with Crippen molar-refractivity contribution in [3.8, 4) is 0 Å². The summed E-state index contributed by atoms with van der Waals surface area (Å²) in [6.45, 7) is 13.1. The second kappa shape index (κ2) is 6.99. The number of benzene rings is 1. The van der Waals surface area contributed by atoms with Gasteiger partial charge in [0.25, 0.3) is 5.91 Å². The molecule has 4 nitrogen and oxygen atoms in total. The monoisotopic (exact) mass is 313 g/mol. The molecule has 1 aromatic carbocycles. The molecule has 23 heavy (non-hydrogen) atoms. The highest BCUT2D eigenvalue weighted by atomic mass is 16.2. The number of nitrogens with zero attached hydrogens (tertiary/aromatic N) is 2. The number of aromatic nitrogens is 2. The maximum Gasteiger partial charge on any atom is 0.290 e. The number of imidazole rings is 1. The molecule has 0 saturated carbocycles. The molecule has 1 amide bonds. The Labute approximate surface area is 138 Å². The second-order valence-electron chi connectivity index (χ2n) is 5.94. The fraction of sp³-hybridized carbons (Fsp3) is 0.474. The molecule has 1 unspecified atom stereocenters. The fourth-order valence-corrected chi connectivity index (χ4v) is 2.96. The van der Waals surface area contributed by atoms with Crippen LogP contribution >= 0.6 is 0 Å². The van der Waals surface area contributed by atoms with Crippen LogP contribution in [-0.4, -0.2) is 33.4 Å². The van der Waals surface area contributed by atoms with Crippen molar-refractivity contribution in [2.75, 3.05) is 6.54 Å². The zero-order chi connectivity index (χ0) is 17.1. The third-order valence-electron chi connectivity index (χ3n) is 4.67. The van der Waals surface area contributed by atoms with Gasteiger partial charge in [0.1, 0.15) is 0 Å². The molecule has 1 atom stereocenters. The third-order valence-corrected chi connectivity index (χ3v) is 4.67. The summed E-state index contributed by atoms with van der Waals surface area (Å²) in [5.74, 6) is 0.434. The van der Waals surface area contributed by atoms with Gasteiger partial charge in [-0.25, -0.2) is 4.98 Å². The SMILES string of the molecule is CC.CC1=C(C)C(C)N(C(=O)c2nc3c(C)cccc3[nH]2)CC1. The Kier molecular flexibility index (Phi) is 5.24. The molecule has 0 bridgehead atoms. The lowest BCUT2D eigenvalue weighted by atomic mass is 9.96. The van der Waals surface area contributed by atoms with Crippen LogP contribution in [0.5, 0.6) is 0 Å². The van der Waals surface area contributed by atoms with Crippen molar-refractivity contribution in [3.63, 3.8) is 0 Å². The zero-order valence-electron chi connectivity index (χ0n) is 15.0. The van der Waals surface area contributed by atoms with Crippen LogP contribution in [0.2, 0.25) is 0 Å². The standard InChI is InChI=1S/C17H21N3O.C2H6/c1-10-8-9-20(13(4)12(10)3)17(21)16-18-14-7-5-6-11(2)15(14)19-16;1-2/h5-7,13H,8-9H2,1-4H3,(H,18,19);1-2H3. The van der Waals surface area contributed by atoms with Gasteiger partial charge in [-0.2, -0.15) is 0 Å². The van der Waals surface area contributed by atoms with Crippen LogP contribution in [0.25, 0.3) is 11.0 Å². The van der Waals surface area contributed by atoms with E-state index in [-0.39, 0.29) is 11.9 Å². The lowest BCUT2D eigenvalue weighted by Crippen LogP contribution is -2.43. The summed E-state index contributed by atoms with van der Waals surface area (Å²) in [7, 11) is 0. The predicted molar refractivity (Wildman–Crippen MR) is 95.7 cm³/mol. The van der Waals surface area contributed by atoms with Gasteiger partial charge in [-0.05, 0) is 45.7 Å². The highest BCUT2D eigenvalue weighted by Gasteiger charge is 2.28. The summed E-state index contributed by atoms with van der Waals surface area (Å²) in [4.78, 5) is 22.3. The molecule has 124 valence electrons. The number of aromatic amines is 1. The maximum atomic E-state index is 12.8. The minimum atomic E-state index is -0.00931. The number of carbonyl (C=O) groups excluding carboxylic acids is 1. The molecule has 3 rings (SSSR count). The van der Waals surface area contributed by atoms with E-state index in [0.717, 1.165) is 29.6 Å². The van der Waals surface area contributed by atoms with E-state index < -0.39 is 0 Å². The van der Waals surface area contributed by atoms with Crippen LogP contribution in [-0.2, 0) is 0 Å². The Hall–Kier alpha value is -2.10. The van der Waals surface area contributed by atoms with Gasteiger partial charge in [0, 0.05) is 6.54 Å². The van der Waals surface area contributed by atoms with Gasteiger partial charge in [-0.15, -0.1) is 0 Å². The number of hydrogen-bond acceptors (Lipinski definition) is 2. The number of aryl methyl sites for hydroxylation is 1. The van der Waals surface area contributed by atoms with Gasteiger partial charge in [0.15, 0.2) is 5.82 Å². The first-order valence-electron chi connectivity index (χ1n) is 8.41. The summed E-state index contributed by atoms with van der Waals surface area (Å²) in [5.41, 5.74) is 5.58. The first-order valence-corrected chi connectivity index (χ1v) is 8.41. The smallest absolute Gasteiger partial charge is 0.290 e. The number of amides is 1. The Morgan fingerprint density at radius 2 is 1.96 bits per heavy atom. The van der Waals surface area contributed by atoms with Crippen molar-refractivity contribution < 1.29 is 4.79 Å². The maximum absolute atomic E-state index is 12.8. The van der Waals surface area contributed by atoms with Crippen LogP contribution in [0.4, 0.5) is 0 Å². The van der Waals surface area contributed by atoms with Crippen LogP contribution in [0.15, 0.2) is 29.3 Å². The lowest BCUT2D eigenvalue weighted by Gasteiger charge is -2.34. The van der Waals surface area contributed by atoms with Crippen molar-refractivity contribution in [2.45, 2.75) is 54.0 Å². The molecule has 0 aliphatic carbocycles. The van der Waals surface area contributed by atoms with Crippen molar-refractivity contribution in [2.24, 2.45) is 0 Å². The minimum absolute atomic E-state index is 0.00931. The summed E-state index contributed by atoms with van der Waals surface area (Å²) in [6.07, 6.45) is 0.946. The molecule has 1 aliphatic rings. The average molecular weight is 313 g/mol. The molecular formula is C19H27N3O. The third kappa shape index (κ3) is 3.16. The summed E-state index contributed by atoms with van der Waals surface area (Å²) >= 11 is 0. The van der Waals surface area contributed by atoms with E-state index in [1.54, 1.807) is 0 Å². The van der Waals surface area contributed by atoms with Gasteiger partial charge in [-0.1, -0.05) is 37.1 Å². The molecule has 2 heterocycles. The van der Waals surface area contributed by atoms with E-state index >= 15 is 0 Å². The van der Waals surface area contributed by atoms with Crippen LogP contribution in [0, 0.1) is 6.92 Å². The van der Waals surface area contributed by atoms with Gasteiger partial charge in [0.05, 0.1) is 17.1 Å². The fourth-order valence-electron chi connectivity index (χ4n) is 2.96. The van der Waals surface area contributed by atoms with Crippen molar-refractivity contribution >= 4 is 16.9 Å². The number of para-hydroxylation sites is 1. The van der Waals surface area contributed by atoms with E-state index in [9.17, 15) is 4.79 Å². The molecule has 1 N–H and O–H groups in total. The van der Waals surface area contributed by atoms with Gasteiger partial charge >= 0.3 is 0 Å². The summed E-state index contributed by atoms with van der Waals surface area (Å²) < 4.78 is 0. The van der Waals surface area contributed by atoms with E-state index in [4.69, 9.17) is 0 Å². The van der Waals surface area contributed by atoms with Crippen LogP contribution in [0.3, 0.4) is 0 Å². The van der Waals surface area contributed by atoms with Crippen molar-refractivity contribution in [1.82, 2.24) is 14.9 Å². The number of carbonyl (C=O) groups is 1.